The number of aryl methyl sites for hydroxylation is 1. The van der Waals surface area contributed by atoms with E-state index in [-0.39, 0.29) is 12.6 Å². The van der Waals surface area contributed by atoms with Crippen LogP contribution in [-0.4, -0.2) is 16.7 Å². The highest BCUT2D eigenvalue weighted by molar-refractivity contribution is 5.45. The monoisotopic (exact) mass is 228 g/mol. The third-order valence-corrected chi connectivity index (χ3v) is 2.62. The molecule has 1 aromatic heterocycles. The van der Waals surface area contributed by atoms with Gasteiger partial charge in [0, 0.05) is 17.6 Å². The first kappa shape index (κ1) is 11.6. The van der Waals surface area contributed by atoms with E-state index in [0.717, 1.165) is 16.9 Å². The first-order valence-electron chi connectivity index (χ1n) is 5.64. The van der Waals surface area contributed by atoms with Crippen LogP contribution in [0.25, 0.3) is 0 Å². The number of rotatable bonds is 4. The second kappa shape index (κ2) is 5.46. The zero-order valence-electron chi connectivity index (χ0n) is 9.80. The molecular formula is C14H16N2O. The van der Waals surface area contributed by atoms with Crippen LogP contribution in [0.5, 0.6) is 0 Å². The Balaban J connectivity index is 2.16. The first-order chi connectivity index (χ1) is 8.29. The van der Waals surface area contributed by atoms with E-state index in [1.165, 1.54) is 0 Å². The Bertz CT molecular complexity index is 471. The lowest BCUT2D eigenvalue weighted by Crippen LogP contribution is -2.14. The van der Waals surface area contributed by atoms with Crippen LogP contribution in [0.2, 0.25) is 0 Å². The number of benzene rings is 1. The van der Waals surface area contributed by atoms with Crippen molar-refractivity contribution < 1.29 is 5.11 Å². The molecule has 0 saturated heterocycles. The summed E-state index contributed by atoms with van der Waals surface area (Å²) < 4.78 is 0. The van der Waals surface area contributed by atoms with Crippen LogP contribution in [0.15, 0.2) is 48.7 Å². The lowest BCUT2D eigenvalue weighted by Gasteiger charge is -2.18. The van der Waals surface area contributed by atoms with E-state index in [4.69, 9.17) is 0 Å². The maximum Gasteiger partial charge on any atom is 0.0745 e. The molecule has 0 spiro atoms. The number of aliphatic hydroxyl groups excluding tert-OH is 1. The highest BCUT2D eigenvalue weighted by atomic mass is 16.3. The van der Waals surface area contributed by atoms with E-state index in [0.29, 0.717) is 0 Å². The van der Waals surface area contributed by atoms with E-state index < -0.39 is 0 Å². The van der Waals surface area contributed by atoms with Gasteiger partial charge in [-0.15, -0.1) is 0 Å². The number of nitrogens with one attached hydrogen (secondary N) is 1. The zero-order valence-corrected chi connectivity index (χ0v) is 9.80. The predicted molar refractivity (Wildman–Crippen MR) is 68.9 cm³/mol. The summed E-state index contributed by atoms with van der Waals surface area (Å²) >= 11 is 0. The molecule has 0 aliphatic heterocycles. The summed E-state index contributed by atoms with van der Waals surface area (Å²) in [5.74, 6) is 0. The number of hydrogen-bond donors (Lipinski definition) is 2. The van der Waals surface area contributed by atoms with Crippen molar-refractivity contribution in [3.05, 3.63) is 59.9 Å². The Labute approximate surface area is 101 Å². The van der Waals surface area contributed by atoms with E-state index >= 15 is 0 Å². The summed E-state index contributed by atoms with van der Waals surface area (Å²) in [6.45, 7) is 2.01. The SMILES string of the molecule is Cc1cc(NC(CO)c2ccccc2)ccn1. The summed E-state index contributed by atoms with van der Waals surface area (Å²) in [5.41, 5.74) is 3.00. The Morgan fingerprint density at radius 1 is 1.24 bits per heavy atom. The molecule has 1 heterocycles. The molecule has 2 N–H and O–H groups in total. The fourth-order valence-corrected chi connectivity index (χ4v) is 1.76. The molecule has 0 fully saturated rings. The van der Waals surface area contributed by atoms with Gasteiger partial charge >= 0.3 is 0 Å². The van der Waals surface area contributed by atoms with Crippen LogP contribution in [0, 0.1) is 6.92 Å². The maximum atomic E-state index is 9.43. The Morgan fingerprint density at radius 2 is 2.00 bits per heavy atom. The molecule has 1 unspecified atom stereocenters. The van der Waals surface area contributed by atoms with Gasteiger partial charge in [-0.3, -0.25) is 4.98 Å². The average molecular weight is 228 g/mol. The van der Waals surface area contributed by atoms with Crippen LogP contribution in [0.1, 0.15) is 17.3 Å². The third-order valence-electron chi connectivity index (χ3n) is 2.62. The molecule has 88 valence electrons. The van der Waals surface area contributed by atoms with Crippen molar-refractivity contribution >= 4 is 5.69 Å². The van der Waals surface area contributed by atoms with Crippen molar-refractivity contribution in [2.75, 3.05) is 11.9 Å². The highest BCUT2D eigenvalue weighted by Crippen LogP contribution is 2.18. The largest absolute Gasteiger partial charge is 0.394 e. The molecule has 0 bridgehead atoms. The molecule has 3 heteroatoms. The average Bonchev–Trinajstić information content (AvgIpc) is 2.37. The van der Waals surface area contributed by atoms with Gasteiger partial charge in [-0.2, -0.15) is 0 Å². The van der Waals surface area contributed by atoms with Gasteiger partial charge in [0.15, 0.2) is 0 Å². The lowest BCUT2D eigenvalue weighted by molar-refractivity contribution is 0.276. The van der Waals surface area contributed by atoms with E-state index in [9.17, 15) is 5.11 Å². The van der Waals surface area contributed by atoms with Crippen LogP contribution in [0.4, 0.5) is 5.69 Å². The molecule has 2 rings (SSSR count). The van der Waals surface area contributed by atoms with Crippen LogP contribution in [-0.2, 0) is 0 Å². The summed E-state index contributed by atoms with van der Waals surface area (Å²) in [7, 11) is 0. The Morgan fingerprint density at radius 3 is 2.65 bits per heavy atom. The molecule has 0 aliphatic rings. The van der Waals surface area contributed by atoms with E-state index in [1.54, 1.807) is 6.20 Å². The smallest absolute Gasteiger partial charge is 0.0745 e. The number of hydrogen-bond acceptors (Lipinski definition) is 3. The van der Waals surface area contributed by atoms with Gasteiger partial charge in [-0.05, 0) is 24.6 Å². The molecule has 0 radical (unpaired) electrons. The fraction of sp³-hybridized carbons (Fsp3) is 0.214. The van der Waals surface area contributed by atoms with Crippen LogP contribution in [0.3, 0.4) is 0 Å². The maximum absolute atomic E-state index is 9.43. The van der Waals surface area contributed by atoms with Gasteiger partial charge in [0.25, 0.3) is 0 Å². The van der Waals surface area contributed by atoms with Crippen LogP contribution >= 0.6 is 0 Å². The first-order valence-corrected chi connectivity index (χ1v) is 5.64. The van der Waals surface area contributed by atoms with Crippen molar-refractivity contribution in [2.45, 2.75) is 13.0 Å². The van der Waals surface area contributed by atoms with Crippen molar-refractivity contribution in [3.63, 3.8) is 0 Å². The van der Waals surface area contributed by atoms with Gasteiger partial charge in [0.05, 0.1) is 12.6 Å². The van der Waals surface area contributed by atoms with Crippen molar-refractivity contribution in [1.82, 2.24) is 4.98 Å². The summed E-state index contributed by atoms with van der Waals surface area (Å²) in [6, 6.07) is 13.7. The van der Waals surface area contributed by atoms with Gasteiger partial charge in [-0.25, -0.2) is 0 Å². The molecule has 17 heavy (non-hydrogen) atoms. The second-order valence-corrected chi connectivity index (χ2v) is 3.98. The minimum atomic E-state index is -0.0852. The highest BCUT2D eigenvalue weighted by Gasteiger charge is 2.09. The minimum absolute atomic E-state index is 0.0609. The standard InChI is InChI=1S/C14H16N2O/c1-11-9-13(7-8-15-11)16-14(10-17)12-5-3-2-4-6-12/h2-9,14,17H,10H2,1H3,(H,15,16). The number of anilines is 1. The van der Waals surface area contributed by atoms with Gasteiger partial charge in [0.2, 0.25) is 0 Å². The number of nitrogens with zero attached hydrogens (tertiary/aromatic N) is 1. The van der Waals surface area contributed by atoms with Gasteiger partial charge < -0.3 is 10.4 Å². The number of pyridine rings is 1. The summed E-state index contributed by atoms with van der Waals surface area (Å²) in [5, 5.41) is 12.7. The fourth-order valence-electron chi connectivity index (χ4n) is 1.76. The van der Waals surface area contributed by atoms with Gasteiger partial charge in [-0.1, -0.05) is 30.3 Å². The van der Waals surface area contributed by atoms with E-state index in [1.807, 2.05) is 49.4 Å². The molecule has 0 aliphatic carbocycles. The molecular weight excluding hydrogens is 212 g/mol. The molecule has 0 saturated carbocycles. The summed E-state index contributed by atoms with van der Waals surface area (Å²) in [6.07, 6.45) is 1.76. The van der Waals surface area contributed by atoms with Crippen molar-refractivity contribution in [1.29, 1.82) is 0 Å². The quantitative estimate of drug-likeness (QED) is 0.845. The molecule has 2 aromatic rings. The van der Waals surface area contributed by atoms with Crippen molar-refractivity contribution in [3.8, 4) is 0 Å². The molecule has 1 atom stereocenters. The lowest BCUT2D eigenvalue weighted by atomic mass is 10.1. The predicted octanol–water partition coefficient (Wildman–Crippen LogP) is 2.54. The molecule has 3 nitrogen and oxygen atoms in total. The molecule has 1 aromatic carbocycles. The second-order valence-electron chi connectivity index (χ2n) is 3.98. The Kier molecular flexibility index (Phi) is 3.73. The number of aliphatic hydroxyl groups is 1. The van der Waals surface area contributed by atoms with Crippen LogP contribution < -0.4 is 5.32 Å². The number of aromatic nitrogens is 1. The summed E-state index contributed by atoms with van der Waals surface area (Å²) in [4.78, 5) is 4.14. The van der Waals surface area contributed by atoms with Gasteiger partial charge in [0.1, 0.15) is 0 Å². The third kappa shape index (κ3) is 3.04. The molecule has 0 amide bonds. The van der Waals surface area contributed by atoms with E-state index in [2.05, 4.69) is 10.3 Å². The normalized spacial score (nSPS) is 12.1. The van der Waals surface area contributed by atoms with Crippen molar-refractivity contribution in [2.24, 2.45) is 0 Å². The Hall–Kier alpha value is -1.87. The minimum Gasteiger partial charge on any atom is -0.394 e. The zero-order chi connectivity index (χ0) is 12.1. The topological polar surface area (TPSA) is 45.1 Å².